The number of nitrogens with zero attached hydrogens (tertiary/aromatic N) is 4. The van der Waals surface area contributed by atoms with E-state index in [0.717, 1.165) is 36.9 Å². The number of carbonyl (C=O) groups excluding carboxylic acids is 1. The minimum absolute atomic E-state index is 0.168. The van der Waals surface area contributed by atoms with E-state index in [9.17, 15) is 14.4 Å². The van der Waals surface area contributed by atoms with Crippen LogP contribution in [0, 0.1) is 28.5 Å². The molecule has 0 aliphatic heterocycles. The summed E-state index contributed by atoms with van der Waals surface area (Å²) in [6.45, 7) is 1.98. The number of pyridine rings is 1. The van der Waals surface area contributed by atoms with Crippen LogP contribution < -0.4 is 4.90 Å². The van der Waals surface area contributed by atoms with E-state index in [1.807, 2.05) is 12.1 Å². The first-order valence-electron chi connectivity index (χ1n) is 9.57. The van der Waals surface area contributed by atoms with Crippen LogP contribution in [0.3, 0.4) is 0 Å². The Kier molecular flexibility index (Phi) is 6.85. The van der Waals surface area contributed by atoms with E-state index < -0.39 is 5.25 Å². The van der Waals surface area contributed by atoms with Crippen LogP contribution in [-0.4, -0.2) is 22.7 Å². The molecular formula is C22H21FN4OS. The van der Waals surface area contributed by atoms with E-state index in [0.29, 0.717) is 16.3 Å². The number of aryl methyl sites for hydroxylation is 2. The summed E-state index contributed by atoms with van der Waals surface area (Å²) in [6.07, 6.45) is 4.17. The van der Waals surface area contributed by atoms with Crippen molar-refractivity contribution < 1.29 is 9.18 Å². The van der Waals surface area contributed by atoms with Crippen LogP contribution in [0.25, 0.3) is 0 Å². The van der Waals surface area contributed by atoms with Crippen molar-refractivity contribution in [1.82, 2.24) is 4.98 Å². The molecule has 0 fully saturated rings. The Morgan fingerprint density at radius 2 is 2.00 bits per heavy atom. The quantitative estimate of drug-likeness (QED) is 0.662. The van der Waals surface area contributed by atoms with E-state index in [2.05, 4.69) is 11.1 Å². The molecule has 1 aromatic heterocycles. The first kappa shape index (κ1) is 20.8. The minimum Gasteiger partial charge on any atom is -0.310 e. The van der Waals surface area contributed by atoms with Gasteiger partial charge in [-0.05, 0) is 68.5 Å². The van der Waals surface area contributed by atoms with Gasteiger partial charge in [0.05, 0.1) is 23.3 Å². The summed E-state index contributed by atoms with van der Waals surface area (Å²) in [5.74, 6) is -0.596. The highest BCUT2D eigenvalue weighted by Gasteiger charge is 2.25. The maximum atomic E-state index is 13.3. The van der Waals surface area contributed by atoms with Gasteiger partial charge in [-0.3, -0.25) is 4.79 Å². The smallest absolute Gasteiger partial charge is 0.240 e. The second-order valence-corrected chi connectivity index (χ2v) is 8.23. The Balaban J connectivity index is 1.83. The molecule has 29 heavy (non-hydrogen) atoms. The van der Waals surface area contributed by atoms with Crippen LogP contribution in [0.5, 0.6) is 0 Å². The van der Waals surface area contributed by atoms with Gasteiger partial charge in [0, 0.05) is 17.9 Å². The molecule has 7 heteroatoms. The van der Waals surface area contributed by atoms with Crippen molar-refractivity contribution in [3.63, 3.8) is 0 Å². The van der Waals surface area contributed by atoms with E-state index in [1.165, 1.54) is 40.9 Å². The molecular weight excluding hydrogens is 387 g/mol. The lowest BCUT2D eigenvalue weighted by molar-refractivity contribution is -0.117. The molecule has 0 N–H and O–H groups in total. The Morgan fingerprint density at radius 3 is 2.69 bits per heavy atom. The largest absolute Gasteiger partial charge is 0.310 e. The third-order valence-corrected chi connectivity index (χ3v) is 5.96. The standard InChI is InChI=1S/C22H21FN4OS/c1-15(22(28)27(12-4-11-24)19-9-7-18(23)8-10-19)29-21-17(14-25)13-16-5-2-3-6-20(16)26-21/h7-10,13,15H,2-6,12H2,1H3. The van der Waals surface area contributed by atoms with E-state index in [1.54, 1.807) is 6.92 Å². The van der Waals surface area contributed by atoms with Crippen molar-refractivity contribution in [3.8, 4) is 12.1 Å². The van der Waals surface area contributed by atoms with E-state index in [4.69, 9.17) is 5.26 Å². The molecule has 3 rings (SSSR count). The van der Waals surface area contributed by atoms with Crippen molar-refractivity contribution >= 4 is 23.4 Å². The summed E-state index contributed by atoms with van der Waals surface area (Å²) in [5, 5.41) is 18.5. The number of hydrogen-bond acceptors (Lipinski definition) is 5. The highest BCUT2D eigenvalue weighted by Crippen LogP contribution is 2.31. The van der Waals surface area contributed by atoms with Gasteiger partial charge in [0.2, 0.25) is 5.91 Å². The molecule has 5 nitrogen and oxygen atoms in total. The fourth-order valence-corrected chi connectivity index (χ4v) is 4.33. The molecule has 1 heterocycles. The molecule has 1 unspecified atom stereocenters. The topological polar surface area (TPSA) is 80.8 Å². The third-order valence-electron chi connectivity index (χ3n) is 4.87. The van der Waals surface area contributed by atoms with Crippen molar-refractivity contribution in [2.45, 2.75) is 49.3 Å². The number of rotatable bonds is 6. The summed E-state index contributed by atoms with van der Waals surface area (Å²) >= 11 is 1.25. The number of fused-ring (bicyclic) bond motifs is 1. The fourth-order valence-electron chi connectivity index (χ4n) is 3.37. The molecule has 0 saturated carbocycles. The lowest BCUT2D eigenvalue weighted by atomic mass is 9.95. The zero-order chi connectivity index (χ0) is 20.8. The summed E-state index contributed by atoms with van der Waals surface area (Å²) < 4.78 is 13.3. The number of aromatic nitrogens is 1. The normalized spacial score (nSPS) is 13.7. The second kappa shape index (κ2) is 9.54. The number of hydrogen-bond donors (Lipinski definition) is 0. The van der Waals surface area contributed by atoms with Crippen molar-refractivity contribution in [2.75, 3.05) is 11.4 Å². The molecule has 0 spiro atoms. The SMILES string of the molecule is CC(Sc1nc2c(cc1C#N)CCCC2)C(=O)N(CCC#N)c1ccc(F)cc1. The molecule has 0 bridgehead atoms. The number of nitriles is 2. The van der Waals surface area contributed by atoms with Crippen LogP contribution in [0.15, 0.2) is 35.4 Å². The fraction of sp³-hybridized carbons (Fsp3) is 0.364. The molecule has 0 saturated heterocycles. The van der Waals surface area contributed by atoms with Gasteiger partial charge in [-0.2, -0.15) is 10.5 Å². The number of anilines is 1. The number of thioether (sulfide) groups is 1. The lowest BCUT2D eigenvalue weighted by Gasteiger charge is -2.25. The second-order valence-electron chi connectivity index (χ2n) is 6.90. The minimum atomic E-state index is -0.514. The zero-order valence-corrected chi connectivity index (χ0v) is 17.0. The van der Waals surface area contributed by atoms with E-state index >= 15 is 0 Å². The number of halogens is 1. The Bertz CT molecular complexity index is 978. The molecule has 1 aliphatic rings. The Morgan fingerprint density at radius 1 is 1.28 bits per heavy atom. The summed E-state index contributed by atoms with van der Waals surface area (Å²) in [4.78, 5) is 19.3. The maximum absolute atomic E-state index is 13.3. The van der Waals surface area contributed by atoms with Crippen molar-refractivity contribution in [2.24, 2.45) is 0 Å². The average Bonchev–Trinajstić information content (AvgIpc) is 2.74. The number of benzene rings is 1. The van der Waals surface area contributed by atoms with Gasteiger partial charge in [0.25, 0.3) is 0 Å². The predicted molar refractivity (Wildman–Crippen MR) is 110 cm³/mol. The first-order chi connectivity index (χ1) is 14.0. The highest BCUT2D eigenvalue weighted by atomic mass is 32.2. The van der Waals surface area contributed by atoms with Gasteiger partial charge in [-0.15, -0.1) is 0 Å². The summed E-state index contributed by atoms with van der Waals surface area (Å²) in [6, 6.07) is 11.8. The highest BCUT2D eigenvalue weighted by molar-refractivity contribution is 8.00. The van der Waals surface area contributed by atoms with Gasteiger partial charge >= 0.3 is 0 Å². The first-order valence-corrected chi connectivity index (χ1v) is 10.4. The summed E-state index contributed by atoms with van der Waals surface area (Å²) in [7, 11) is 0. The summed E-state index contributed by atoms with van der Waals surface area (Å²) in [5.41, 5.74) is 3.16. The number of amides is 1. The van der Waals surface area contributed by atoms with Crippen LogP contribution in [0.4, 0.5) is 10.1 Å². The monoisotopic (exact) mass is 408 g/mol. The maximum Gasteiger partial charge on any atom is 0.240 e. The van der Waals surface area contributed by atoms with Gasteiger partial charge in [-0.1, -0.05) is 11.8 Å². The number of carbonyl (C=O) groups is 1. The van der Waals surface area contributed by atoms with Crippen LogP contribution in [0.1, 0.15) is 43.0 Å². The van der Waals surface area contributed by atoms with Gasteiger partial charge < -0.3 is 4.90 Å². The average molecular weight is 409 g/mol. The van der Waals surface area contributed by atoms with Crippen molar-refractivity contribution in [1.29, 1.82) is 10.5 Å². The van der Waals surface area contributed by atoms with Gasteiger partial charge in [0.15, 0.2) is 0 Å². The van der Waals surface area contributed by atoms with Crippen LogP contribution >= 0.6 is 11.8 Å². The molecule has 1 amide bonds. The molecule has 148 valence electrons. The Labute approximate surface area is 174 Å². The van der Waals surface area contributed by atoms with Crippen LogP contribution in [-0.2, 0) is 17.6 Å². The third kappa shape index (κ3) is 4.93. The van der Waals surface area contributed by atoms with Crippen molar-refractivity contribution in [3.05, 3.63) is 53.0 Å². The zero-order valence-electron chi connectivity index (χ0n) is 16.2. The Hall–Kier alpha value is -2.90. The lowest BCUT2D eigenvalue weighted by Crippen LogP contribution is -2.37. The van der Waals surface area contributed by atoms with E-state index in [-0.39, 0.29) is 24.7 Å². The predicted octanol–water partition coefficient (Wildman–Crippen LogP) is 4.40. The molecule has 2 aromatic rings. The van der Waals surface area contributed by atoms with Gasteiger partial charge in [-0.25, -0.2) is 9.37 Å². The van der Waals surface area contributed by atoms with Gasteiger partial charge in [0.1, 0.15) is 16.9 Å². The van der Waals surface area contributed by atoms with Crippen LogP contribution in [0.2, 0.25) is 0 Å². The molecule has 1 aromatic carbocycles. The molecule has 1 atom stereocenters. The molecule has 0 radical (unpaired) electrons. The molecule has 1 aliphatic carbocycles.